The molecule has 1 N–H and O–H groups in total. The normalized spacial score (nSPS) is 15.1. The summed E-state index contributed by atoms with van der Waals surface area (Å²) in [4.78, 5) is 4.00. The maximum absolute atomic E-state index is 13.4. The van der Waals surface area contributed by atoms with Crippen LogP contribution >= 0.6 is 0 Å². The van der Waals surface area contributed by atoms with Crippen LogP contribution in [0.5, 0.6) is 0 Å². The smallest absolute Gasteiger partial charge is 0.353 e. The van der Waals surface area contributed by atoms with E-state index in [4.69, 9.17) is 4.74 Å². The first-order valence-corrected chi connectivity index (χ1v) is 6.56. The van der Waals surface area contributed by atoms with Gasteiger partial charge in [0.2, 0.25) is 0 Å². The van der Waals surface area contributed by atoms with Crippen molar-refractivity contribution in [1.82, 2.24) is 10.4 Å². The van der Waals surface area contributed by atoms with Crippen molar-refractivity contribution in [3.8, 4) is 11.3 Å². The van der Waals surface area contributed by atoms with Crippen LogP contribution in [-0.2, 0) is 10.9 Å². The van der Waals surface area contributed by atoms with Gasteiger partial charge in [-0.15, -0.1) is 0 Å². The number of hydrogen-bond acceptors (Lipinski definition) is 4. The first-order valence-electron chi connectivity index (χ1n) is 6.56. The lowest BCUT2D eigenvalue weighted by Crippen LogP contribution is -2.26. The molecule has 0 fully saturated rings. The molecule has 0 saturated heterocycles. The van der Waals surface area contributed by atoms with Crippen molar-refractivity contribution >= 4 is 5.71 Å². The van der Waals surface area contributed by atoms with Gasteiger partial charge in [0.15, 0.2) is 0 Å². The topological polar surface area (TPSA) is 46.5 Å². The zero-order chi connectivity index (χ0) is 15.6. The molecule has 0 spiro atoms. The molecule has 2 heterocycles. The molecule has 1 aromatic heterocycles. The van der Waals surface area contributed by atoms with E-state index in [1.807, 2.05) is 0 Å². The summed E-state index contributed by atoms with van der Waals surface area (Å²) >= 11 is 0. The minimum Gasteiger partial charge on any atom is -0.353 e. The number of ether oxygens (including phenoxy) is 1. The van der Waals surface area contributed by atoms with Gasteiger partial charge in [-0.2, -0.15) is 18.3 Å². The Labute approximate surface area is 124 Å². The minimum atomic E-state index is -4.48. The number of halogens is 3. The van der Waals surface area contributed by atoms with Crippen LogP contribution in [-0.4, -0.2) is 24.0 Å². The van der Waals surface area contributed by atoms with Crippen molar-refractivity contribution < 1.29 is 17.9 Å². The Balaban J connectivity index is 2.10. The molecule has 1 aromatic carbocycles. The number of hydrazone groups is 1. The van der Waals surface area contributed by atoms with Gasteiger partial charge in [0, 0.05) is 17.3 Å². The van der Waals surface area contributed by atoms with Crippen LogP contribution in [0, 0.1) is 0 Å². The molecule has 7 heteroatoms. The average molecular weight is 307 g/mol. The van der Waals surface area contributed by atoms with Gasteiger partial charge in [-0.25, -0.2) is 0 Å². The van der Waals surface area contributed by atoms with E-state index < -0.39 is 11.7 Å². The Bertz CT molecular complexity index is 699. The summed E-state index contributed by atoms with van der Waals surface area (Å²) in [5, 5.41) is 3.98. The number of aromatic nitrogens is 1. The van der Waals surface area contributed by atoms with Gasteiger partial charge in [-0.1, -0.05) is 18.2 Å². The van der Waals surface area contributed by atoms with Crippen LogP contribution in [0.25, 0.3) is 11.3 Å². The largest absolute Gasteiger partial charge is 0.417 e. The van der Waals surface area contributed by atoms with E-state index in [-0.39, 0.29) is 24.6 Å². The molecule has 0 saturated carbocycles. The van der Waals surface area contributed by atoms with E-state index in [0.29, 0.717) is 11.3 Å². The Morgan fingerprint density at radius 2 is 2.00 bits per heavy atom. The summed E-state index contributed by atoms with van der Waals surface area (Å²) in [5.41, 5.74) is 3.00. The molecule has 0 amide bonds. The number of nitrogens with one attached hydrogen (secondary N) is 1. The number of pyridine rings is 1. The zero-order valence-electron chi connectivity index (χ0n) is 11.4. The number of nitrogens with zero attached hydrogens (tertiary/aromatic N) is 2. The number of benzene rings is 1. The van der Waals surface area contributed by atoms with Gasteiger partial charge >= 0.3 is 6.18 Å². The third-order valence-electron chi connectivity index (χ3n) is 3.22. The summed E-state index contributed by atoms with van der Waals surface area (Å²) in [7, 11) is 0. The van der Waals surface area contributed by atoms with Gasteiger partial charge in [0.25, 0.3) is 0 Å². The second kappa shape index (κ2) is 5.76. The van der Waals surface area contributed by atoms with Crippen molar-refractivity contribution in [2.24, 2.45) is 5.10 Å². The van der Waals surface area contributed by atoms with Gasteiger partial charge in [-0.3, -0.25) is 10.4 Å². The fourth-order valence-electron chi connectivity index (χ4n) is 2.20. The quantitative estimate of drug-likeness (QED) is 0.927. The molecule has 2 aromatic rings. The predicted octanol–water partition coefficient (Wildman–Crippen LogP) is 3.05. The Morgan fingerprint density at radius 3 is 2.64 bits per heavy atom. The van der Waals surface area contributed by atoms with Crippen LogP contribution in [0.4, 0.5) is 13.2 Å². The highest BCUT2D eigenvalue weighted by Gasteiger charge is 2.34. The molecular formula is C15H12F3N3O. The zero-order valence-corrected chi connectivity index (χ0v) is 11.4. The van der Waals surface area contributed by atoms with E-state index in [1.54, 1.807) is 24.3 Å². The molecular weight excluding hydrogens is 295 g/mol. The summed E-state index contributed by atoms with van der Waals surface area (Å²) < 4.78 is 45.2. The molecule has 1 aliphatic rings. The van der Waals surface area contributed by atoms with E-state index in [1.165, 1.54) is 12.3 Å². The molecule has 0 bridgehead atoms. The van der Waals surface area contributed by atoms with E-state index in [9.17, 15) is 13.2 Å². The van der Waals surface area contributed by atoms with Gasteiger partial charge in [0.1, 0.15) is 6.73 Å². The van der Waals surface area contributed by atoms with Crippen LogP contribution in [0.2, 0.25) is 0 Å². The third kappa shape index (κ3) is 2.94. The lowest BCUT2D eigenvalue weighted by Gasteiger charge is -2.17. The van der Waals surface area contributed by atoms with Crippen LogP contribution in [0.15, 0.2) is 47.7 Å². The Hall–Kier alpha value is -2.41. The average Bonchev–Trinajstić information content (AvgIpc) is 2.55. The fourth-order valence-corrected chi connectivity index (χ4v) is 2.20. The van der Waals surface area contributed by atoms with Crippen LogP contribution in [0.1, 0.15) is 11.1 Å². The monoisotopic (exact) mass is 307 g/mol. The second-order valence-electron chi connectivity index (χ2n) is 4.68. The van der Waals surface area contributed by atoms with Crippen LogP contribution < -0.4 is 5.43 Å². The Kier molecular flexibility index (Phi) is 3.81. The molecule has 3 rings (SSSR count). The standard InChI is InChI=1S/C15H12F3N3O/c16-15(17,18)12-7-10(14-8-22-9-20-21-14)4-5-11(12)13-3-1-2-6-19-13/h1-7,20H,8-9H2. The minimum absolute atomic E-state index is 0.0436. The third-order valence-corrected chi connectivity index (χ3v) is 3.22. The lowest BCUT2D eigenvalue weighted by molar-refractivity contribution is -0.137. The van der Waals surface area contributed by atoms with Crippen molar-refractivity contribution in [2.75, 3.05) is 13.3 Å². The number of rotatable bonds is 2. The second-order valence-corrected chi connectivity index (χ2v) is 4.68. The Morgan fingerprint density at radius 1 is 1.14 bits per heavy atom. The molecule has 0 radical (unpaired) electrons. The SMILES string of the molecule is FC(F)(F)c1cc(C2=NNCOC2)ccc1-c1ccccn1. The first kappa shape index (κ1) is 14.5. The van der Waals surface area contributed by atoms with Crippen molar-refractivity contribution in [3.63, 3.8) is 0 Å². The van der Waals surface area contributed by atoms with E-state index >= 15 is 0 Å². The highest BCUT2D eigenvalue weighted by atomic mass is 19.4. The highest BCUT2D eigenvalue weighted by Crippen LogP contribution is 2.37. The van der Waals surface area contributed by atoms with Gasteiger partial charge in [-0.05, 0) is 18.2 Å². The van der Waals surface area contributed by atoms with E-state index in [2.05, 4.69) is 15.5 Å². The van der Waals surface area contributed by atoms with Gasteiger partial charge in [0.05, 0.1) is 23.6 Å². The highest BCUT2D eigenvalue weighted by molar-refractivity contribution is 6.02. The number of hydrogen-bond donors (Lipinski definition) is 1. The molecule has 0 unspecified atom stereocenters. The number of alkyl halides is 3. The van der Waals surface area contributed by atoms with Gasteiger partial charge < -0.3 is 4.74 Å². The predicted molar refractivity (Wildman–Crippen MR) is 75.2 cm³/mol. The lowest BCUT2D eigenvalue weighted by atomic mass is 9.98. The summed E-state index contributed by atoms with van der Waals surface area (Å²) in [5.74, 6) is 0. The van der Waals surface area contributed by atoms with Crippen molar-refractivity contribution in [2.45, 2.75) is 6.18 Å². The molecule has 0 aliphatic carbocycles. The summed E-state index contributed by atoms with van der Waals surface area (Å²) in [6.45, 7) is 0.425. The summed E-state index contributed by atoms with van der Waals surface area (Å²) in [6.07, 6.45) is -3.02. The molecule has 22 heavy (non-hydrogen) atoms. The fraction of sp³-hybridized carbons (Fsp3) is 0.200. The maximum Gasteiger partial charge on any atom is 0.417 e. The first-order chi connectivity index (χ1) is 10.6. The van der Waals surface area contributed by atoms with Crippen molar-refractivity contribution in [1.29, 1.82) is 0 Å². The summed E-state index contributed by atoms with van der Waals surface area (Å²) in [6, 6.07) is 8.95. The van der Waals surface area contributed by atoms with Crippen LogP contribution in [0.3, 0.4) is 0 Å². The van der Waals surface area contributed by atoms with E-state index in [0.717, 1.165) is 6.07 Å². The molecule has 0 atom stereocenters. The molecule has 114 valence electrons. The molecule has 4 nitrogen and oxygen atoms in total. The van der Waals surface area contributed by atoms with Crippen molar-refractivity contribution in [3.05, 3.63) is 53.7 Å². The maximum atomic E-state index is 13.4. The molecule has 1 aliphatic heterocycles.